The van der Waals surface area contributed by atoms with E-state index < -0.39 is 20.5 Å². The van der Waals surface area contributed by atoms with Crippen LogP contribution in [0.3, 0.4) is 0 Å². The number of fused-ring (bicyclic) bond motifs is 1. The number of carbonyl (C=O) groups excluding carboxylic acids is 1. The fraction of sp³-hybridized carbons (Fsp3) is 0.471. The first-order valence-electron chi connectivity index (χ1n) is 8.01. The molecule has 0 aliphatic carbocycles. The topological polar surface area (TPSA) is 88.4 Å². The number of carbonyl (C=O) groups is 1. The van der Waals surface area contributed by atoms with Crippen molar-refractivity contribution in [3.63, 3.8) is 0 Å². The highest BCUT2D eigenvalue weighted by molar-refractivity contribution is 7.92. The van der Waals surface area contributed by atoms with Gasteiger partial charge in [-0.25, -0.2) is 8.42 Å². The molecule has 6 nitrogen and oxygen atoms in total. The van der Waals surface area contributed by atoms with Crippen LogP contribution in [0.5, 0.6) is 0 Å². The van der Waals surface area contributed by atoms with Crippen molar-refractivity contribution in [2.45, 2.75) is 31.1 Å². The van der Waals surface area contributed by atoms with E-state index in [1.807, 2.05) is 31.2 Å². The van der Waals surface area contributed by atoms with Gasteiger partial charge in [0.2, 0.25) is 5.91 Å². The zero-order valence-corrected chi connectivity index (χ0v) is 14.7. The minimum atomic E-state index is -3.51. The zero-order valence-electron chi connectivity index (χ0n) is 13.9. The van der Waals surface area contributed by atoms with Crippen LogP contribution in [-0.4, -0.2) is 38.4 Å². The van der Waals surface area contributed by atoms with Crippen LogP contribution in [0.25, 0.3) is 11.0 Å². The van der Waals surface area contributed by atoms with Gasteiger partial charge in [0.25, 0.3) is 0 Å². The fourth-order valence-corrected chi connectivity index (χ4v) is 4.67. The van der Waals surface area contributed by atoms with Gasteiger partial charge in [0.05, 0.1) is 6.54 Å². The van der Waals surface area contributed by atoms with E-state index in [4.69, 9.17) is 4.42 Å². The summed E-state index contributed by atoms with van der Waals surface area (Å²) in [6.07, 6.45) is 1.72. The second kappa shape index (κ2) is 6.22. The average molecular weight is 350 g/mol. The SMILES string of the molecule is Cc1c(CNC(=O)C2(S(C)(=O)=O)CCNCC2)oc2ccccc12. The fourth-order valence-electron chi connectivity index (χ4n) is 3.31. The summed E-state index contributed by atoms with van der Waals surface area (Å²) in [7, 11) is -3.51. The normalized spacial score (nSPS) is 17.8. The van der Waals surface area contributed by atoms with E-state index in [2.05, 4.69) is 10.6 Å². The zero-order chi connectivity index (χ0) is 17.4. The van der Waals surface area contributed by atoms with Crippen molar-refractivity contribution in [1.82, 2.24) is 10.6 Å². The molecule has 0 saturated carbocycles. The Labute approximate surface area is 141 Å². The van der Waals surface area contributed by atoms with E-state index in [1.165, 1.54) is 0 Å². The van der Waals surface area contributed by atoms with E-state index in [0.29, 0.717) is 18.8 Å². The maximum absolute atomic E-state index is 12.7. The third-order valence-corrected chi connectivity index (χ3v) is 6.90. The quantitative estimate of drug-likeness (QED) is 0.873. The molecule has 3 rings (SSSR count). The number of aryl methyl sites for hydroxylation is 1. The molecule has 2 N–H and O–H groups in total. The van der Waals surface area contributed by atoms with E-state index in [9.17, 15) is 13.2 Å². The van der Waals surface area contributed by atoms with Gasteiger partial charge in [0, 0.05) is 17.2 Å². The Morgan fingerprint density at radius 3 is 2.58 bits per heavy atom. The Bertz CT molecular complexity index is 864. The molecule has 1 aliphatic rings. The number of nitrogens with one attached hydrogen (secondary N) is 2. The van der Waals surface area contributed by atoms with Gasteiger partial charge in [-0.05, 0) is 38.9 Å². The predicted octanol–water partition coefficient (Wildman–Crippen LogP) is 1.52. The van der Waals surface area contributed by atoms with Crippen LogP contribution in [0.4, 0.5) is 0 Å². The molecule has 130 valence electrons. The minimum absolute atomic E-state index is 0.185. The number of benzene rings is 1. The molecule has 0 atom stereocenters. The summed E-state index contributed by atoms with van der Waals surface area (Å²) in [6.45, 7) is 3.16. The molecule has 1 aliphatic heterocycles. The first-order chi connectivity index (χ1) is 11.3. The number of amides is 1. The molecular formula is C17H22N2O4S. The van der Waals surface area contributed by atoms with E-state index >= 15 is 0 Å². The Hall–Kier alpha value is -1.86. The first-order valence-corrected chi connectivity index (χ1v) is 9.90. The van der Waals surface area contributed by atoms with Gasteiger partial charge in [0.15, 0.2) is 14.6 Å². The van der Waals surface area contributed by atoms with Crippen LogP contribution in [0.15, 0.2) is 28.7 Å². The maximum Gasteiger partial charge on any atom is 0.241 e. The molecule has 0 bridgehead atoms. The van der Waals surface area contributed by atoms with Gasteiger partial charge in [-0.1, -0.05) is 18.2 Å². The van der Waals surface area contributed by atoms with Crippen molar-refractivity contribution in [2.24, 2.45) is 0 Å². The Morgan fingerprint density at radius 2 is 1.96 bits per heavy atom. The molecule has 0 radical (unpaired) electrons. The van der Waals surface area contributed by atoms with Crippen molar-refractivity contribution in [2.75, 3.05) is 19.3 Å². The van der Waals surface area contributed by atoms with Crippen LogP contribution in [0, 0.1) is 6.92 Å². The number of para-hydroxylation sites is 1. The highest BCUT2D eigenvalue weighted by Crippen LogP contribution is 2.29. The Morgan fingerprint density at radius 1 is 1.29 bits per heavy atom. The summed E-state index contributed by atoms with van der Waals surface area (Å²) in [5.74, 6) is 0.216. The van der Waals surface area contributed by atoms with E-state index in [1.54, 1.807) is 0 Å². The third-order valence-electron chi connectivity index (χ3n) is 4.89. The second-order valence-corrected chi connectivity index (χ2v) is 8.67. The lowest BCUT2D eigenvalue weighted by Gasteiger charge is -2.34. The van der Waals surface area contributed by atoms with Crippen LogP contribution >= 0.6 is 0 Å². The lowest BCUT2D eigenvalue weighted by Crippen LogP contribution is -2.57. The molecule has 1 aromatic heterocycles. The number of hydrogen-bond acceptors (Lipinski definition) is 5. The smallest absolute Gasteiger partial charge is 0.241 e. The molecule has 1 fully saturated rings. The number of rotatable bonds is 4. The molecular weight excluding hydrogens is 328 g/mol. The first kappa shape index (κ1) is 17.0. The molecule has 1 saturated heterocycles. The second-order valence-electron chi connectivity index (χ2n) is 6.35. The van der Waals surface area contributed by atoms with Gasteiger partial charge in [-0.2, -0.15) is 0 Å². The standard InChI is InChI=1S/C17H22N2O4S/c1-12-13-5-3-4-6-14(13)23-15(12)11-19-16(20)17(24(2,21)22)7-9-18-10-8-17/h3-6,18H,7-11H2,1-2H3,(H,19,20). The summed E-state index contributed by atoms with van der Waals surface area (Å²) in [5.41, 5.74) is 1.73. The monoisotopic (exact) mass is 350 g/mol. The molecule has 2 heterocycles. The lowest BCUT2D eigenvalue weighted by atomic mass is 9.96. The van der Waals surface area contributed by atoms with Crippen LogP contribution in [0.2, 0.25) is 0 Å². The Balaban J connectivity index is 1.82. The van der Waals surface area contributed by atoms with E-state index in [0.717, 1.165) is 22.8 Å². The molecule has 2 aromatic rings. The number of furan rings is 1. The molecule has 7 heteroatoms. The summed E-state index contributed by atoms with van der Waals surface area (Å²) in [4.78, 5) is 12.7. The van der Waals surface area contributed by atoms with Gasteiger partial charge >= 0.3 is 0 Å². The maximum atomic E-state index is 12.7. The van der Waals surface area contributed by atoms with Gasteiger partial charge < -0.3 is 15.1 Å². The van der Waals surface area contributed by atoms with E-state index in [-0.39, 0.29) is 19.4 Å². The summed E-state index contributed by atoms with van der Waals surface area (Å²) < 4.78 is 28.9. The van der Waals surface area contributed by atoms with Crippen molar-refractivity contribution >= 4 is 26.7 Å². The molecule has 24 heavy (non-hydrogen) atoms. The van der Waals surface area contributed by atoms with Crippen molar-refractivity contribution in [3.8, 4) is 0 Å². The van der Waals surface area contributed by atoms with Gasteiger partial charge in [-0.15, -0.1) is 0 Å². The van der Waals surface area contributed by atoms with Crippen LogP contribution in [-0.2, 0) is 21.2 Å². The summed E-state index contributed by atoms with van der Waals surface area (Å²) in [5, 5.41) is 6.88. The van der Waals surface area contributed by atoms with Crippen LogP contribution in [0.1, 0.15) is 24.2 Å². The number of piperidine rings is 1. The highest BCUT2D eigenvalue weighted by Gasteiger charge is 2.48. The minimum Gasteiger partial charge on any atom is -0.459 e. The molecule has 0 unspecified atom stereocenters. The summed E-state index contributed by atoms with van der Waals surface area (Å²) >= 11 is 0. The Kier molecular flexibility index (Phi) is 4.40. The number of hydrogen-bond donors (Lipinski definition) is 2. The predicted molar refractivity (Wildman–Crippen MR) is 92.5 cm³/mol. The number of sulfone groups is 1. The highest BCUT2D eigenvalue weighted by atomic mass is 32.2. The van der Waals surface area contributed by atoms with Crippen molar-refractivity contribution in [1.29, 1.82) is 0 Å². The molecule has 1 aromatic carbocycles. The average Bonchev–Trinajstić information content (AvgIpc) is 2.89. The molecule has 0 spiro atoms. The van der Waals surface area contributed by atoms with Gasteiger partial charge in [-0.3, -0.25) is 4.79 Å². The van der Waals surface area contributed by atoms with Crippen molar-refractivity contribution < 1.29 is 17.6 Å². The third kappa shape index (κ3) is 2.82. The molecule has 1 amide bonds. The van der Waals surface area contributed by atoms with Gasteiger partial charge in [0.1, 0.15) is 11.3 Å². The lowest BCUT2D eigenvalue weighted by molar-refractivity contribution is -0.124. The van der Waals surface area contributed by atoms with Crippen LogP contribution < -0.4 is 10.6 Å². The van der Waals surface area contributed by atoms with Crippen molar-refractivity contribution in [3.05, 3.63) is 35.6 Å². The summed E-state index contributed by atoms with van der Waals surface area (Å²) in [6, 6.07) is 7.66. The largest absolute Gasteiger partial charge is 0.459 e.